The highest BCUT2D eigenvalue weighted by Gasteiger charge is 2.28. The van der Waals surface area contributed by atoms with Crippen LogP contribution in [0.2, 0.25) is 0 Å². The van der Waals surface area contributed by atoms with Crippen molar-refractivity contribution in [2.75, 3.05) is 5.32 Å². The summed E-state index contributed by atoms with van der Waals surface area (Å²) >= 11 is 5.21. The molecule has 1 aromatic rings. The SMILES string of the molecule is O=C(Nc1ccccc1)C(Cl)S(=O)(=O)O. The lowest BCUT2D eigenvalue weighted by Crippen LogP contribution is -2.30. The Labute approximate surface area is 91.8 Å². The molecule has 0 radical (unpaired) electrons. The van der Waals surface area contributed by atoms with Crippen LogP contribution in [0, 0.1) is 0 Å². The quantitative estimate of drug-likeness (QED) is 0.620. The molecule has 0 aliphatic rings. The molecule has 0 aliphatic heterocycles. The largest absolute Gasteiger partial charge is 0.324 e. The van der Waals surface area contributed by atoms with Crippen LogP contribution in [-0.4, -0.2) is 23.6 Å². The third kappa shape index (κ3) is 3.50. The molecule has 0 spiro atoms. The second-order valence-electron chi connectivity index (χ2n) is 2.69. The van der Waals surface area contributed by atoms with Crippen LogP contribution in [0.3, 0.4) is 0 Å². The summed E-state index contributed by atoms with van der Waals surface area (Å²) < 4.78 is 27.6. The van der Waals surface area contributed by atoms with Gasteiger partial charge in [-0.15, -0.1) is 0 Å². The highest BCUT2D eigenvalue weighted by atomic mass is 35.5. The van der Waals surface area contributed by atoms with Crippen LogP contribution in [0.4, 0.5) is 5.69 Å². The third-order valence-corrected chi connectivity index (χ3v) is 3.12. The summed E-state index contributed by atoms with van der Waals surface area (Å²) in [7, 11) is -4.57. The van der Waals surface area contributed by atoms with Gasteiger partial charge in [-0.25, -0.2) is 0 Å². The van der Waals surface area contributed by atoms with E-state index in [1.54, 1.807) is 30.3 Å². The first kappa shape index (κ1) is 12.0. The molecule has 15 heavy (non-hydrogen) atoms. The minimum Gasteiger partial charge on any atom is -0.324 e. The van der Waals surface area contributed by atoms with Crippen LogP contribution in [0.15, 0.2) is 30.3 Å². The Morgan fingerprint density at radius 1 is 1.33 bits per heavy atom. The first-order chi connectivity index (χ1) is 6.91. The predicted molar refractivity (Wildman–Crippen MR) is 56.3 cm³/mol. The van der Waals surface area contributed by atoms with E-state index in [0.29, 0.717) is 5.69 Å². The first-order valence-electron chi connectivity index (χ1n) is 3.87. The van der Waals surface area contributed by atoms with Gasteiger partial charge in [0.05, 0.1) is 0 Å². The minimum absolute atomic E-state index is 0.400. The van der Waals surface area contributed by atoms with E-state index < -0.39 is 20.7 Å². The summed E-state index contributed by atoms with van der Waals surface area (Å²) in [5, 5.41) is 2.24. The summed E-state index contributed by atoms with van der Waals surface area (Å²) in [6.07, 6.45) is 0. The third-order valence-electron chi connectivity index (χ3n) is 1.51. The summed E-state index contributed by atoms with van der Waals surface area (Å²) in [4.78, 5) is 11.2. The molecule has 82 valence electrons. The van der Waals surface area contributed by atoms with E-state index in [4.69, 9.17) is 16.2 Å². The predicted octanol–water partition coefficient (Wildman–Crippen LogP) is 1.08. The Morgan fingerprint density at radius 2 is 1.87 bits per heavy atom. The van der Waals surface area contributed by atoms with Gasteiger partial charge in [-0.3, -0.25) is 9.35 Å². The summed E-state index contributed by atoms with van der Waals surface area (Å²) in [5.41, 5.74) is 0.400. The van der Waals surface area contributed by atoms with Gasteiger partial charge < -0.3 is 5.32 Å². The van der Waals surface area contributed by atoms with Gasteiger partial charge in [-0.2, -0.15) is 8.42 Å². The number of carbonyl (C=O) groups excluding carboxylic acids is 1. The fourth-order valence-electron chi connectivity index (χ4n) is 0.856. The van der Waals surface area contributed by atoms with E-state index in [0.717, 1.165) is 0 Å². The topological polar surface area (TPSA) is 83.5 Å². The van der Waals surface area contributed by atoms with E-state index in [-0.39, 0.29) is 0 Å². The second kappa shape index (κ2) is 4.61. The zero-order chi connectivity index (χ0) is 11.5. The molecule has 1 unspecified atom stereocenters. The molecule has 0 aliphatic carbocycles. The Bertz CT molecular complexity index is 445. The molecule has 0 aromatic heterocycles. The molecule has 5 nitrogen and oxygen atoms in total. The maximum Gasteiger partial charge on any atom is 0.291 e. The van der Waals surface area contributed by atoms with E-state index in [2.05, 4.69) is 5.32 Å². The monoisotopic (exact) mass is 249 g/mol. The highest BCUT2D eigenvalue weighted by Crippen LogP contribution is 2.10. The molecule has 0 fully saturated rings. The molecule has 0 bridgehead atoms. The molecular weight excluding hydrogens is 242 g/mol. The molecule has 1 amide bonds. The molecule has 2 N–H and O–H groups in total. The van der Waals surface area contributed by atoms with Gasteiger partial charge in [-0.1, -0.05) is 29.8 Å². The number of amides is 1. The average Bonchev–Trinajstić information content (AvgIpc) is 2.16. The molecule has 0 saturated heterocycles. The molecule has 1 rings (SSSR count). The summed E-state index contributed by atoms with van der Waals surface area (Å²) in [5.74, 6) is -0.995. The van der Waals surface area contributed by atoms with E-state index in [9.17, 15) is 13.2 Å². The van der Waals surface area contributed by atoms with Gasteiger partial charge in [0.2, 0.25) is 4.71 Å². The van der Waals surface area contributed by atoms with Crippen LogP contribution >= 0.6 is 11.6 Å². The minimum atomic E-state index is -4.57. The van der Waals surface area contributed by atoms with Crippen molar-refractivity contribution in [1.82, 2.24) is 0 Å². The van der Waals surface area contributed by atoms with Crippen molar-refractivity contribution >= 4 is 33.3 Å². The smallest absolute Gasteiger partial charge is 0.291 e. The summed E-state index contributed by atoms with van der Waals surface area (Å²) in [6.45, 7) is 0. The number of benzene rings is 1. The standard InChI is InChI=1S/C8H8ClNO4S/c9-7(15(12,13)14)8(11)10-6-4-2-1-3-5-6/h1-5,7H,(H,10,11)(H,12,13,14). The Kier molecular flexibility index (Phi) is 3.67. The number of rotatable bonds is 3. The Hall–Kier alpha value is -1.11. The van der Waals surface area contributed by atoms with Gasteiger partial charge in [-0.05, 0) is 12.1 Å². The van der Waals surface area contributed by atoms with Crippen LogP contribution in [0.5, 0.6) is 0 Å². The molecule has 7 heteroatoms. The highest BCUT2D eigenvalue weighted by molar-refractivity contribution is 7.88. The van der Waals surface area contributed by atoms with Gasteiger partial charge >= 0.3 is 0 Å². The molecule has 0 saturated carbocycles. The Morgan fingerprint density at radius 3 is 2.33 bits per heavy atom. The van der Waals surface area contributed by atoms with Crippen molar-refractivity contribution in [3.05, 3.63) is 30.3 Å². The fourth-order valence-corrected chi connectivity index (χ4v) is 1.24. The van der Waals surface area contributed by atoms with Crippen molar-refractivity contribution < 1.29 is 17.8 Å². The first-order valence-corrected chi connectivity index (χ1v) is 5.81. The number of hydrogen-bond donors (Lipinski definition) is 2. The van der Waals surface area contributed by atoms with E-state index in [1.165, 1.54) is 0 Å². The molecule has 1 atom stereocenters. The zero-order valence-corrected chi connectivity index (χ0v) is 8.99. The number of para-hydroxylation sites is 1. The number of hydrogen-bond acceptors (Lipinski definition) is 3. The van der Waals surface area contributed by atoms with Crippen molar-refractivity contribution in [3.63, 3.8) is 0 Å². The van der Waals surface area contributed by atoms with Crippen molar-refractivity contribution in [2.24, 2.45) is 0 Å². The van der Waals surface area contributed by atoms with Crippen LogP contribution < -0.4 is 5.32 Å². The number of alkyl halides is 1. The number of nitrogens with one attached hydrogen (secondary N) is 1. The van der Waals surface area contributed by atoms with Gasteiger partial charge in [0.25, 0.3) is 16.0 Å². The lowest BCUT2D eigenvalue weighted by Gasteiger charge is -2.07. The second-order valence-corrected chi connectivity index (χ2v) is 4.88. The van der Waals surface area contributed by atoms with Gasteiger partial charge in [0, 0.05) is 5.69 Å². The van der Waals surface area contributed by atoms with Crippen molar-refractivity contribution in [1.29, 1.82) is 0 Å². The number of halogens is 1. The fraction of sp³-hybridized carbons (Fsp3) is 0.125. The lowest BCUT2D eigenvalue weighted by atomic mass is 10.3. The lowest BCUT2D eigenvalue weighted by molar-refractivity contribution is -0.114. The van der Waals surface area contributed by atoms with Gasteiger partial charge in [0.1, 0.15) is 0 Å². The van der Waals surface area contributed by atoms with Crippen LogP contribution in [-0.2, 0) is 14.9 Å². The van der Waals surface area contributed by atoms with Crippen LogP contribution in [0.1, 0.15) is 0 Å². The molecule has 0 heterocycles. The average molecular weight is 250 g/mol. The maximum absolute atomic E-state index is 11.2. The molecular formula is C8H8ClNO4S. The van der Waals surface area contributed by atoms with Crippen molar-refractivity contribution in [3.8, 4) is 0 Å². The maximum atomic E-state index is 11.2. The number of anilines is 1. The Balaban J connectivity index is 2.73. The van der Waals surface area contributed by atoms with Crippen molar-refractivity contribution in [2.45, 2.75) is 4.71 Å². The number of carbonyl (C=O) groups is 1. The normalized spacial score (nSPS) is 13.2. The van der Waals surface area contributed by atoms with E-state index in [1.807, 2.05) is 0 Å². The molecule has 1 aromatic carbocycles. The summed E-state index contributed by atoms with van der Waals surface area (Å²) in [6, 6.07) is 8.17. The van der Waals surface area contributed by atoms with E-state index >= 15 is 0 Å². The van der Waals surface area contributed by atoms with Gasteiger partial charge in [0.15, 0.2) is 0 Å². The zero-order valence-electron chi connectivity index (χ0n) is 7.42. The van der Waals surface area contributed by atoms with Crippen LogP contribution in [0.25, 0.3) is 0 Å².